The number of carbonyl (C=O) groups excluding carboxylic acids is 3. The van der Waals surface area contributed by atoms with E-state index < -0.39 is 12.0 Å². The summed E-state index contributed by atoms with van der Waals surface area (Å²) >= 11 is 0. The first-order valence-electron chi connectivity index (χ1n) is 12.3. The van der Waals surface area contributed by atoms with Gasteiger partial charge in [-0.15, -0.1) is 0 Å². The predicted octanol–water partition coefficient (Wildman–Crippen LogP) is 4.91. The van der Waals surface area contributed by atoms with Crippen molar-refractivity contribution in [1.29, 1.82) is 0 Å². The zero-order chi connectivity index (χ0) is 27.1. The maximum Gasteiger partial charge on any atom is 0.338 e. The largest absolute Gasteiger partial charge is 0.497 e. The van der Waals surface area contributed by atoms with Gasteiger partial charge < -0.3 is 24.8 Å². The highest BCUT2D eigenvalue weighted by Crippen LogP contribution is 2.32. The second-order valence-electron chi connectivity index (χ2n) is 9.20. The number of rotatable bonds is 10. The summed E-state index contributed by atoms with van der Waals surface area (Å²) in [5.41, 5.74) is 2.60. The average molecular weight is 510 g/mol. The summed E-state index contributed by atoms with van der Waals surface area (Å²) in [5.74, 6) is 0.398. The molecule has 9 nitrogen and oxygen atoms in total. The Kier molecular flexibility index (Phi) is 9.16. The first-order chi connectivity index (χ1) is 17.7. The number of nitrogens with zero attached hydrogens (tertiary/aromatic N) is 1. The summed E-state index contributed by atoms with van der Waals surface area (Å²) < 4.78 is 16.0. The van der Waals surface area contributed by atoms with E-state index in [0.29, 0.717) is 46.1 Å². The van der Waals surface area contributed by atoms with Crippen molar-refractivity contribution in [2.45, 2.75) is 40.2 Å². The zero-order valence-electron chi connectivity index (χ0n) is 22.2. The molecule has 0 fully saturated rings. The Balaban J connectivity index is 1.86. The Bertz CT molecular complexity index is 1150. The molecule has 0 saturated carbocycles. The Labute approximate surface area is 217 Å². The van der Waals surface area contributed by atoms with Gasteiger partial charge in [-0.1, -0.05) is 32.9 Å². The molecule has 3 amide bonds. The van der Waals surface area contributed by atoms with Crippen LogP contribution in [0.3, 0.4) is 0 Å². The molecule has 0 aliphatic carbocycles. The minimum atomic E-state index is -0.673. The van der Waals surface area contributed by atoms with Crippen molar-refractivity contribution in [2.75, 3.05) is 32.7 Å². The van der Waals surface area contributed by atoms with Crippen LogP contribution in [0.5, 0.6) is 11.5 Å². The van der Waals surface area contributed by atoms with Crippen molar-refractivity contribution < 1.29 is 28.6 Å². The first kappa shape index (κ1) is 27.6. The average Bonchev–Trinajstić information content (AvgIpc) is 2.89. The molecule has 0 aromatic heterocycles. The normalized spacial score (nSPS) is 15.4. The molecular formula is C28H35N3O6. The predicted molar refractivity (Wildman–Crippen MR) is 141 cm³/mol. The highest BCUT2D eigenvalue weighted by molar-refractivity contribution is 6.04. The fourth-order valence-electron chi connectivity index (χ4n) is 4.01. The maximum absolute atomic E-state index is 13.1. The van der Waals surface area contributed by atoms with Gasteiger partial charge in [-0.3, -0.25) is 9.69 Å². The topological polar surface area (TPSA) is 106 Å². The van der Waals surface area contributed by atoms with E-state index in [9.17, 15) is 14.4 Å². The summed E-state index contributed by atoms with van der Waals surface area (Å²) in [6.07, 6.45) is 0.747. The number of nitrogens with one attached hydrogen (secondary N) is 2. The number of ether oxygens (including phenoxy) is 3. The van der Waals surface area contributed by atoms with Crippen LogP contribution in [0.15, 0.2) is 53.7 Å². The SMILES string of the molecule is CCCN1C(=O)NC(c2ccc(NC(=O)c3cc(OC)cc(OC)c3)cc2)C(C(=O)OCC(C)C)=C1C. The lowest BCUT2D eigenvalue weighted by Gasteiger charge is -2.35. The number of benzene rings is 2. The molecule has 0 spiro atoms. The smallest absolute Gasteiger partial charge is 0.338 e. The van der Waals surface area contributed by atoms with Gasteiger partial charge in [-0.2, -0.15) is 0 Å². The number of esters is 1. The van der Waals surface area contributed by atoms with Crippen molar-refractivity contribution in [3.63, 3.8) is 0 Å². The Hall–Kier alpha value is -4.01. The molecule has 37 heavy (non-hydrogen) atoms. The van der Waals surface area contributed by atoms with Gasteiger partial charge in [0, 0.05) is 29.6 Å². The number of amides is 3. The fraction of sp³-hybridized carbons (Fsp3) is 0.393. The van der Waals surface area contributed by atoms with Crippen molar-refractivity contribution >= 4 is 23.6 Å². The summed E-state index contributed by atoms with van der Waals surface area (Å²) in [7, 11) is 3.04. The third kappa shape index (κ3) is 6.61. The van der Waals surface area contributed by atoms with Crippen LogP contribution in [0.4, 0.5) is 10.5 Å². The van der Waals surface area contributed by atoms with Gasteiger partial charge in [0.25, 0.3) is 5.91 Å². The number of anilines is 1. The van der Waals surface area contributed by atoms with Crippen LogP contribution in [0.2, 0.25) is 0 Å². The molecule has 2 aromatic rings. The van der Waals surface area contributed by atoms with E-state index in [1.807, 2.05) is 20.8 Å². The molecule has 0 radical (unpaired) electrons. The monoisotopic (exact) mass is 509 g/mol. The van der Waals surface area contributed by atoms with Gasteiger partial charge in [0.05, 0.1) is 32.4 Å². The van der Waals surface area contributed by atoms with Crippen LogP contribution in [0.1, 0.15) is 56.1 Å². The molecule has 2 N–H and O–H groups in total. The summed E-state index contributed by atoms with van der Waals surface area (Å²) in [6.45, 7) is 8.44. The molecule has 1 aliphatic rings. The number of allylic oxidation sites excluding steroid dienone is 1. The zero-order valence-corrected chi connectivity index (χ0v) is 22.2. The van der Waals surface area contributed by atoms with Crippen molar-refractivity contribution in [3.8, 4) is 11.5 Å². The molecular weight excluding hydrogens is 474 g/mol. The lowest BCUT2D eigenvalue weighted by atomic mass is 9.94. The third-order valence-electron chi connectivity index (χ3n) is 5.93. The number of carbonyl (C=O) groups is 3. The summed E-state index contributed by atoms with van der Waals surface area (Å²) in [5, 5.41) is 5.79. The van der Waals surface area contributed by atoms with Crippen molar-refractivity contribution in [2.24, 2.45) is 5.92 Å². The van der Waals surface area contributed by atoms with E-state index in [1.54, 1.807) is 54.3 Å². The Morgan fingerprint density at radius 3 is 2.22 bits per heavy atom. The number of methoxy groups -OCH3 is 2. The molecule has 0 saturated heterocycles. The minimum Gasteiger partial charge on any atom is -0.497 e. The fourth-order valence-corrected chi connectivity index (χ4v) is 4.01. The van der Waals surface area contributed by atoms with Gasteiger partial charge in [0.1, 0.15) is 11.5 Å². The quantitative estimate of drug-likeness (QED) is 0.441. The van der Waals surface area contributed by atoms with E-state index in [1.165, 1.54) is 14.2 Å². The summed E-state index contributed by atoms with van der Waals surface area (Å²) in [6, 6.07) is 11.0. The third-order valence-corrected chi connectivity index (χ3v) is 5.93. The highest BCUT2D eigenvalue weighted by Gasteiger charge is 2.36. The lowest BCUT2D eigenvalue weighted by molar-refractivity contribution is -0.140. The van der Waals surface area contributed by atoms with Crippen LogP contribution in [0, 0.1) is 5.92 Å². The Morgan fingerprint density at radius 1 is 1.05 bits per heavy atom. The number of hydrogen-bond donors (Lipinski definition) is 2. The van der Waals surface area contributed by atoms with Crippen LogP contribution >= 0.6 is 0 Å². The molecule has 1 heterocycles. The van der Waals surface area contributed by atoms with Crippen molar-refractivity contribution in [3.05, 3.63) is 64.9 Å². The maximum atomic E-state index is 13.1. The second kappa shape index (κ2) is 12.3. The van der Waals surface area contributed by atoms with Gasteiger partial charge in [0.15, 0.2) is 0 Å². The first-order valence-corrected chi connectivity index (χ1v) is 12.3. The Morgan fingerprint density at radius 2 is 1.68 bits per heavy atom. The highest BCUT2D eigenvalue weighted by atomic mass is 16.5. The van der Waals surface area contributed by atoms with E-state index >= 15 is 0 Å². The van der Waals surface area contributed by atoms with Crippen molar-refractivity contribution in [1.82, 2.24) is 10.2 Å². The van der Waals surface area contributed by atoms with E-state index in [4.69, 9.17) is 14.2 Å². The molecule has 0 bridgehead atoms. The molecule has 198 valence electrons. The minimum absolute atomic E-state index is 0.181. The van der Waals surface area contributed by atoms with Gasteiger partial charge >= 0.3 is 12.0 Å². The van der Waals surface area contributed by atoms with Crippen LogP contribution in [-0.4, -0.2) is 50.2 Å². The molecule has 3 rings (SSSR count). The molecule has 2 aromatic carbocycles. The molecule has 1 aliphatic heterocycles. The second-order valence-corrected chi connectivity index (χ2v) is 9.20. The lowest BCUT2D eigenvalue weighted by Crippen LogP contribution is -2.48. The van der Waals surface area contributed by atoms with E-state index in [0.717, 1.165) is 6.42 Å². The van der Waals surface area contributed by atoms with E-state index in [2.05, 4.69) is 10.6 Å². The van der Waals surface area contributed by atoms with Crippen LogP contribution < -0.4 is 20.1 Å². The standard InChI is InChI=1S/C28H35N3O6/c1-7-12-31-18(4)24(27(33)37-16-17(2)3)25(30-28(31)34)19-8-10-21(11-9-19)29-26(32)20-13-22(35-5)15-23(14-20)36-6/h8-11,13-15,17,25H,7,12,16H2,1-6H3,(H,29,32)(H,30,34). The molecule has 1 unspecified atom stereocenters. The van der Waals surface area contributed by atoms with E-state index in [-0.39, 0.29) is 24.5 Å². The van der Waals surface area contributed by atoms with Gasteiger partial charge in [-0.25, -0.2) is 9.59 Å². The van der Waals surface area contributed by atoms with Crippen LogP contribution in [0.25, 0.3) is 0 Å². The van der Waals surface area contributed by atoms with Gasteiger partial charge in [0.2, 0.25) is 0 Å². The van der Waals surface area contributed by atoms with Crippen LogP contribution in [-0.2, 0) is 9.53 Å². The molecule has 1 atom stereocenters. The summed E-state index contributed by atoms with van der Waals surface area (Å²) in [4.78, 5) is 40.3. The number of hydrogen-bond acceptors (Lipinski definition) is 6. The number of urea groups is 1. The van der Waals surface area contributed by atoms with Gasteiger partial charge in [-0.05, 0) is 49.1 Å². The molecule has 9 heteroatoms.